The van der Waals surface area contributed by atoms with Crippen LogP contribution in [0, 0.1) is 6.92 Å². The van der Waals surface area contributed by atoms with Gasteiger partial charge in [-0.15, -0.1) is 0 Å². The molecule has 0 spiro atoms. The van der Waals surface area contributed by atoms with E-state index in [0.29, 0.717) is 22.3 Å². The fraction of sp³-hybridized carbons (Fsp3) is 0.261. The van der Waals surface area contributed by atoms with E-state index in [1.54, 1.807) is 47.4 Å². The third-order valence-electron chi connectivity index (χ3n) is 4.85. The van der Waals surface area contributed by atoms with Crippen molar-refractivity contribution in [3.63, 3.8) is 0 Å². The zero-order valence-corrected chi connectivity index (χ0v) is 18.5. The Morgan fingerprint density at radius 1 is 1.10 bits per heavy atom. The van der Waals surface area contributed by atoms with Crippen molar-refractivity contribution in [2.75, 3.05) is 12.4 Å². The molecule has 0 aliphatic rings. The van der Waals surface area contributed by atoms with E-state index in [9.17, 15) is 4.79 Å². The number of benzene rings is 2. The van der Waals surface area contributed by atoms with Gasteiger partial charge in [-0.2, -0.15) is 9.78 Å². The Morgan fingerprint density at radius 3 is 2.50 bits per heavy atom. The van der Waals surface area contributed by atoms with E-state index in [1.165, 1.54) is 5.56 Å². The molecule has 0 unspecified atom stereocenters. The number of hydrogen-bond donors (Lipinski definition) is 1. The molecule has 0 atom stereocenters. The summed E-state index contributed by atoms with van der Waals surface area (Å²) in [6.45, 7) is 8.48. The normalized spacial score (nSPS) is 11.6. The van der Waals surface area contributed by atoms with Crippen molar-refractivity contribution >= 4 is 33.3 Å². The molecule has 1 amide bonds. The van der Waals surface area contributed by atoms with Crippen LogP contribution in [0.1, 0.15) is 42.4 Å². The molecule has 30 heavy (non-hydrogen) atoms. The SMILES string of the molecule is COc1ccc(C(=O)Nc2cc(C)nn2-c2nc3ccc(C(C)(C)C)cc3s2)cc1. The summed E-state index contributed by atoms with van der Waals surface area (Å²) in [5.74, 6) is 1.08. The molecule has 2 aromatic heterocycles. The Labute approximate surface area is 179 Å². The summed E-state index contributed by atoms with van der Waals surface area (Å²) < 4.78 is 7.94. The van der Waals surface area contributed by atoms with Crippen molar-refractivity contribution in [1.29, 1.82) is 0 Å². The zero-order chi connectivity index (χ0) is 21.5. The molecule has 7 heteroatoms. The third-order valence-corrected chi connectivity index (χ3v) is 5.84. The molecule has 0 saturated carbocycles. The maximum absolute atomic E-state index is 12.7. The minimum Gasteiger partial charge on any atom is -0.497 e. The van der Waals surface area contributed by atoms with Gasteiger partial charge in [0.15, 0.2) is 0 Å². The fourth-order valence-corrected chi connectivity index (χ4v) is 4.11. The number of hydrogen-bond acceptors (Lipinski definition) is 5. The Hall–Kier alpha value is -3.19. The highest BCUT2D eigenvalue weighted by atomic mass is 32.1. The van der Waals surface area contributed by atoms with Gasteiger partial charge in [0.05, 0.1) is 23.0 Å². The predicted octanol–water partition coefficient (Wildman–Crippen LogP) is 5.35. The lowest BCUT2D eigenvalue weighted by atomic mass is 9.87. The number of thiazole rings is 1. The van der Waals surface area contributed by atoms with Gasteiger partial charge < -0.3 is 10.1 Å². The number of fused-ring (bicyclic) bond motifs is 1. The third kappa shape index (κ3) is 3.93. The van der Waals surface area contributed by atoms with Gasteiger partial charge in [0.2, 0.25) is 5.13 Å². The Kier molecular flexibility index (Phi) is 5.07. The zero-order valence-electron chi connectivity index (χ0n) is 17.7. The summed E-state index contributed by atoms with van der Waals surface area (Å²) in [5, 5.41) is 8.22. The van der Waals surface area contributed by atoms with E-state index in [0.717, 1.165) is 15.9 Å². The molecular weight excluding hydrogens is 396 g/mol. The van der Waals surface area contributed by atoms with Crippen LogP contribution in [0.5, 0.6) is 5.75 Å². The molecule has 0 fully saturated rings. The van der Waals surface area contributed by atoms with Crippen molar-refractivity contribution in [1.82, 2.24) is 14.8 Å². The minimum absolute atomic E-state index is 0.0676. The number of ether oxygens (including phenoxy) is 1. The highest BCUT2D eigenvalue weighted by Gasteiger charge is 2.18. The molecule has 2 aromatic carbocycles. The van der Waals surface area contributed by atoms with Crippen LogP contribution in [0.4, 0.5) is 5.82 Å². The van der Waals surface area contributed by atoms with Crippen molar-refractivity contribution < 1.29 is 9.53 Å². The van der Waals surface area contributed by atoms with Gasteiger partial charge in [0.25, 0.3) is 5.91 Å². The molecule has 0 saturated heterocycles. The number of aryl methyl sites for hydroxylation is 1. The molecule has 6 nitrogen and oxygen atoms in total. The summed E-state index contributed by atoms with van der Waals surface area (Å²) in [5.41, 5.74) is 3.59. The first-order chi connectivity index (χ1) is 14.2. The average Bonchev–Trinajstić information content (AvgIpc) is 3.29. The topological polar surface area (TPSA) is 69.0 Å². The van der Waals surface area contributed by atoms with Crippen LogP contribution in [0.3, 0.4) is 0 Å². The number of nitrogens with zero attached hydrogens (tertiary/aromatic N) is 3. The van der Waals surface area contributed by atoms with Crippen molar-refractivity contribution in [2.24, 2.45) is 0 Å². The molecule has 1 N–H and O–H groups in total. The lowest BCUT2D eigenvalue weighted by molar-refractivity contribution is 0.102. The Bertz CT molecular complexity index is 1220. The van der Waals surface area contributed by atoms with Crippen LogP contribution in [-0.4, -0.2) is 27.8 Å². The molecule has 4 aromatic rings. The number of carbonyl (C=O) groups is 1. The molecule has 154 valence electrons. The van der Waals surface area contributed by atoms with Crippen molar-refractivity contribution in [3.05, 3.63) is 65.4 Å². The molecule has 0 bridgehead atoms. The van der Waals surface area contributed by atoms with Gasteiger partial charge in [-0.05, 0) is 54.3 Å². The first-order valence-electron chi connectivity index (χ1n) is 9.68. The second-order valence-electron chi connectivity index (χ2n) is 8.19. The predicted molar refractivity (Wildman–Crippen MR) is 121 cm³/mol. The van der Waals surface area contributed by atoms with E-state index in [4.69, 9.17) is 9.72 Å². The highest BCUT2D eigenvalue weighted by molar-refractivity contribution is 7.20. The van der Waals surface area contributed by atoms with Gasteiger partial charge in [0, 0.05) is 11.6 Å². The lowest BCUT2D eigenvalue weighted by Crippen LogP contribution is -2.15. The first kappa shape index (κ1) is 20.1. The summed E-state index contributed by atoms with van der Waals surface area (Å²) in [6.07, 6.45) is 0. The quantitative estimate of drug-likeness (QED) is 0.483. The van der Waals surface area contributed by atoms with Gasteiger partial charge in [-0.3, -0.25) is 4.79 Å². The summed E-state index contributed by atoms with van der Waals surface area (Å²) in [4.78, 5) is 17.5. The summed E-state index contributed by atoms with van der Waals surface area (Å²) in [7, 11) is 1.60. The second-order valence-corrected chi connectivity index (χ2v) is 9.20. The van der Waals surface area contributed by atoms with E-state index in [-0.39, 0.29) is 11.3 Å². The van der Waals surface area contributed by atoms with Gasteiger partial charge >= 0.3 is 0 Å². The maximum atomic E-state index is 12.7. The van der Waals surface area contributed by atoms with Crippen LogP contribution in [0.15, 0.2) is 48.5 Å². The number of carbonyl (C=O) groups excluding carboxylic acids is 1. The molecule has 0 radical (unpaired) electrons. The molecule has 4 rings (SSSR count). The highest BCUT2D eigenvalue weighted by Crippen LogP contribution is 2.31. The standard InChI is InChI=1S/C23H24N4O2S/c1-14-12-20(25-21(28)15-6-9-17(29-5)10-7-15)27(26-14)22-24-18-11-8-16(23(2,3)4)13-19(18)30-22/h6-13H,1-5H3,(H,25,28). The summed E-state index contributed by atoms with van der Waals surface area (Å²) >= 11 is 1.56. The van der Waals surface area contributed by atoms with Crippen LogP contribution in [-0.2, 0) is 5.41 Å². The number of anilines is 1. The van der Waals surface area contributed by atoms with E-state index < -0.39 is 0 Å². The second kappa shape index (κ2) is 7.57. The number of rotatable bonds is 4. The molecule has 0 aliphatic heterocycles. The van der Waals surface area contributed by atoms with E-state index >= 15 is 0 Å². The molecular formula is C23H24N4O2S. The largest absolute Gasteiger partial charge is 0.497 e. The Morgan fingerprint density at radius 2 is 1.83 bits per heavy atom. The fourth-order valence-electron chi connectivity index (χ4n) is 3.13. The Balaban J connectivity index is 1.66. The van der Waals surface area contributed by atoms with E-state index in [1.807, 2.05) is 19.1 Å². The number of methoxy groups -OCH3 is 1. The van der Waals surface area contributed by atoms with Crippen LogP contribution >= 0.6 is 11.3 Å². The van der Waals surface area contributed by atoms with Gasteiger partial charge in [-0.1, -0.05) is 38.2 Å². The van der Waals surface area contributed by atoms with Crippen LogP contribution < -0.4 is 10.1 Å². The maximum Gasteiger partial charge on any atom is 0.256 e. The molecule has 2 heterocycles. The number of amides is 1. The monoisotopic (exact) mass is 420 g/mol. The van der Waals surface area contributed by atoms with Crippen LogP contribution in [0.25, 0.3) is 15.3 Å². The summed E-state index contributed by atoms with van der Waals surface area (Å²) in [6, 6.07) is 15.2. The smallest absolute Gasteiger partial charge is 0.256 e. The lowest BCUT2D eigenvalue weighted by Gasteiger charge is -2.18. The minimum atomic E-state index is -0.213. The average molecular weight is 421 g/mol. The number of aromatic nitrogens is 3. The number of nitrogens with one attached hydrogen (secondary N) is 1. The van der Waals surface area contributed by atoms with Gasteiger partial charge in [-0.25, -0.2) is 4.98 Å². The van der Waals surface area contributed by atoms with Crippen LogP contribution in [0.2, 0.25) is 0 Å². The molecule has 0 aliphatic carbocycles. The van der Waals surface area contributed by atoms with Crippen molar-refractivity contribution in [2.45, 2.75) is 33.1 Å². The first-order valence-corrected chi connectivity index (χ1v) is 10.5. The van der Waals surface area contributed by atoms with E-state index in [2.05, 4.69) is 43.3 Å². The van der Waals surface area contributed by atoms with Crippen molar-refractivity contribution in [3.8, 4) is 10.9 Å². The van der Waals surface area contributed by atoms with Gasteiger partial charge in [0.1, 0.15) is 11.6 Å².